The Labute approximate surface area is 135 Å². The minimum atomic E-state index is -0.480. The maximum atomic E-state index is 12.3. The molecule has 0 fully saturated rings. The number of fused-ring (bicyclic) bond motifs is 1. The summed E-state index contributed by atoms with van der Waals surface area (Å²) in [6, 6.07) is 4.41. The maximum absolute atomic E-state index is 12.3. The van der Waals surface area contributed by atoms with Gasteiger partial charge in [0.1, 0.15) is 0 Å². The molecular formula is C15H14N4O3S. The highest BCUT2D eigenvalue weighted by Gasteiger charge is 2.14. The Bertz CT molecular complexity index is 913. The van der Waals surface area contributed by atoms with Crippen LogP contribution in [-0.4, -0.2) is 20.2 Å². The van der Waals surface area contributed by atoms with Crippen molar-refractivity contribution in [3.8, 4) is 0 Å². The van der Waals surface area contributed by atoms with Gasteiger partial charge in [0.2, 0.25) is 5.91 Å². The number of nitrogens with one attached hydrogen (secondary N) is 1. The average molecular weight is 330 g/mol. The van der Waals surface area contributed by atoms with Gasteiger partial charge in [-0.05, 0) is 19.4 Å². The predicted octanol–water partition coefficient (Wildman–Crippen LogP) is 3.10. The van der Waals surface area contributed by atoms with Crippen molar-refractivity contribution in [1.82, 2.24) is 9.38 Å². The second kappa shape index (κ2) is 5.81. The van der Waals surface area contributed by atoms with Gasteiger partial charge in [-0.2, -0.15) is 0 Å². The predicted molar refractivity (Wildman–Crippen MR) is 88.0 cm³/mol. The van der Waals surface area contributed by atoms with E-state index in [0.717, 1.165) is 21.9 Å². The van der Waals surface area contributed by atoms with Crippen LogP contribution in [0.3, 0.4) is 0 Å². The van der Waals surface area contributed by atoms with Crippen molar-refractivity contribution < 1.29 is 9.72 Å². The first-order chi connectivity index (χ1) is 10.9. The van der Waals surface area contributed by atoms with Gasteiger partial charge in [0, 0.05) is 29.4 Å². The smallest absolute Gasteiger partial charge is 0.271 e. The molecule has 0 saturated heterocycles. The summed E-state index contributed by atoms with van der Waals surface area (Å²) in [4.78, 5) is 27.8. The number of thiazole rings is 1. The standard InChI is InChI=1S/C15H14N4O3S/c1-9-3-4-11(19(21)22)5-13(9)17-14(20)6-12-8-23-15-16-10(2)7-18(12)15/h3-5,7-8H,6H2,1-2H3,(H,17,20). The molecule has 3 rings (SSSR count). The number of imidazole rings is 1. The van der Waals surface area contributed by atoms with E-state index in [9.17, 15) is 14.9 Å². The summed E-state index contributed by atoms with van der Waals surface area (Å²) in [6.07, 6.45) is 2.06. The monoisotopic (exact) mass is 330 g/mol. The zero-order valence-electron chi connectivity index (χ0n) is 12.6. The lowest BCUT2D eigenvalue weighted by Gasteiger charge is -2.08. The number of hydrogen-bond donors (Lipinski definition) is 1. The Hall–Kier alpha value is -2.74. The molecule has 7 nitrogen and oxygen atoms in total. The van der Waals surface area contributed by atoms with Gasteiger partial charge in [-0.15, -0.1) is 11.3 Å². The van der Waals surface area contributed by atoms with Crippen molar-refractivity contribution in [3.63, 3.8) is 0 Å². The van der Waals surface area contributed by atoms with Gasteiger partial charge in [-0.3, -0.25) is 19.3 Å². The zero-order chi connectivity index (χ0) is 16.6. The molecular weight excluding hydrogens is 316 g/mol. The van der Waals surface area contributed by atoms with Crippen molar-refractivity contribution in [2.24, 2.45) is 0 Å². The molecule has 0 bridgehead atoms. The second-order valence-electron chi connectivity index (χ2n) is 5.24. The number of aromatic nitrogens is 2. The molecule has 1 aromatic carbocycles. The molecule has 0 spiro atoms. The summed E-state index contributed by atoms with van der Waals surface area (Å²) >= 11 is 1.48. The Morgan fingerprint density at radius 2 is 2.22 bits per heavy atom. The highest BCUT2D eigenvalue weighted by atomic mass is 32.1. The molecule has 0 radical (unpaired) electrons. The fourth-order valence-electron chi connectivity index (χ4n) is 2.29. The third-order valence-electron chi connectivity index (χ3n) is 3.45. The van der Waals surface area contributed by atoms with E-state index < -0.39 is 4.92 Å². The molecule has 0 aliphatic rings. The quantitative estimate of drug-likeness (QED) is 0.588. The summed E-state index contributed by atoms with van der Waals surface area (Å²) < 4.78 is 1.89. The molecule has 0 aliphatic heterocycles. The molecule has 8 heteroatoms. The third-order valence-corrected chi connectivity index (χ3v) is 4.34. The van der Waals surface area contributed by atoms with E-state index in [2.05, 4.69) is 10.3 Å². The number of nitro groups is 1. The van der Waals surface area contributed by atoms with Crippen molar-refractivity contribution in [3.05, 3.63) is 56.8 Å². The van der Waals surface area contributed by atoms with E-state index in [1.54, 1.807) is 13.0 Å². The summed E-state index contributed by atoms with van der Waals surface area (Å²) in [7, 11) is 0. The number of carbonyl (C=O) groups excluding carboxylic acids is 1. The molecule has 118 valence electrons. The Kier molecular flexibility index (Phi) is 3.83. The lowest BCUT2D eigenvalue weighted by molar-refractivity contribution is -0.384. The van der Waals surface area contributed by atoms with E-state index in [1.807, 2.05) is 22.9 Å². The minimum Gasteiger partial charge on any atom is -0.325 e. The molecule has 0 saturated carbocycles. The number of nitro benzene ring substituents is 1. The third kappa shape index (κ3) is 3.07. The fraction of sp³-hybridized carbons (Fsp3) is 0.200. The van der Waals surface area contributed by atoms with Crippen LogP contribution in [0, 0.1) is 24.0 Å². The number of nitrogens with zero attached hydrogens (tertiary/aromatic N) is 3. The van der Waals surface area contributed by atoms with Gasteiger partial charge in [0.25, 0.3) is 5.69 Å². The number of carbonyl (C=O) groups is 1. The molecule has 0 aliphatic carbocycles. The molecule has 1 amide bonds. The lowest BCUT2D eigenvalue weighted by atomic mass is 10.1. The highest BCUT2D eigenvalue weighted by molar-refractivity contribution is 7.15. The van der Waals surface area contributed by atoms with Gasteiger partial charge < -0.3 is 5.32 Å². The Balaban J connectivity index is 1.79. The number of benzene rings is 1. The van der Waals surface area contributed by atoms with E-state index in [0.29, 0.717) is 5.69 Å². The number of non-ortho nitro benzene ring substituents is 1. The molecule has 0 atom stereocenters. The molecule has 2 aromatic heterocycles. The molecule has 0 unspecified atom stereocenters. The zero-order valence-corrected chi connectivity index (χ0v) is 13.4. The van der Waals surface area contributed by atoms with E-state index in [-0.39, 0.29) is 18.0 Å². The minimum absolute atomic E-state index is 0.0472. The van der Waals surface area contributed by atoms with Gasteiger partial charge in [-0.25, -0.2) is 4.98 Å². The van der Waals surface area contributed by atoms with Crippen LogP contribution in [0.2, 0.25) is 0 Å². The summed E-state index contributed by atoms with van der Waals surface area (Å²) in [5, 5.41) is 15.5. The van der Waals surface area contributed by atoms with Crippen molar-refractivity contribution in [2.75, 3.05) is 5.32 Å². The number of aryl methyl sites for hydroxylation is 2. The van der Waals surface area contributed by atoms with Crippen LogP contribution >= 0.6 is 11.3 Å². The Morgan fingerprint density at radius 1 is 1.43 bits per heavy atom. The van der Waals surface area contributed by atoms with E-state index in [4.69, 9.17) is 0 Å². The lowest BCUT2D eigenvalue weighted by Crippen LogP contribution is -2.16. The average Bonchev–Trinajstić information content (AvgIpc) is 3.01. The number of anilines is 1. The number of rotatable bonds is 4. The van der Waals surface area contributed by atoms with E-state index >= 15 is 0 Å². The molecule has 23 heavy (non-hydrogen) atoms. The van der Waals surface area contributed by atoms with Crippen LogP contribution in [0.4, 0.5) is 11.4 Å². The van der Waals surface area contributed by atoms with Gasteiger partial charge in [0.05, 0.1) is 22.7 Å². The van der Waals surface area contributed by atoms with Crippen molar-refractivity contribution in [2.45, 2.75) is 20.3 Å². The summed E-state index contributed by atoms with van der Waals surface area (Å²) in [5.74, 6) is -0.223. The van der Waals surface area contributed by atoms with Crippen LogP contribution in [0.15, 0.2) is 29.8 Å². The van der Waals surface area contributed by atoms with Crippen molar-refractivity contribution >= 4 is 33.6 Å². The normalized spacial score (nSPS) is 10.9. The van der Waals surface area contributed by atoms with Gasteiger partial charge in [-0.1, -0.05) is 6.07 Å². The topological polar surface area (TPSA) is 89.5 Å². The van der Waals surface area contributed by atoms with Gasteiger partial charge >= 0.3 is 0 Å². The first kappa shape index (κ1) is 15.2. The molecule has 1 N–H and O–H groups in total. The number of hydrogen-bond acceptors (Lipinski definition) is 5. The molecule has 3 aromatic rings. The molecule has 2 heterocycles. The summed E-state index contributed by atoms with van der Waals surface area (Å²) in [5.41, 5.74) is 2.92. The van der Waals surface area contributed by atoms with Crippen LogP contribution < -0.4 is 5.32 Å². The van der Waals surface area contributed by atoms with E-state index in [1.165, 1.54) is 23.5 Å². The fourth-order valence-corrected chi connectivity index (χ4v) is 3.20. The Morgan fingerprint density at radius 3 is 2.96 bits per heavy atom. The first-order valence-electron chi connectivity index (χ1n) is 6.91. The van der Waals surface area contributed by atoms with Crippen LogP contribution in [0.1, 0.15) is 17.0 Å². The highest BCUT2D eigenvalue weighted by Crippen LogP contribution is 2.22. The van der Waals surface area contributed by atoms with Crippen molar-refractivity contribution in [1.29, 1.82) is 0 Å². The van der Waals surface area contributed by atoms with Gasteiger partial charge in [0.15, 0.2) is 4.96 Å². The maximum Gasteiger partial charge on any atom is 0.271 e. The van der Waals surface area contributed by atoms with Crippen LogP contribution in [0.5, 0.6) is 0 Å². The SMILES string of the molecule is Cc1cn2c(CC(=O)Nc3cc([N+](=O)[O-])ccc3C)csc2n1. The summed E-state index contributed by atoms with van der Waals surface area (Å²) in [6.45, 7) is 3.69. The van der Waals surface area contributed by atoms with Crippen LogP contribution in [0.25, 0.3) is 4.96 Å². The van der Waals surface area contributed by atoms with Crippen LogP contribution in [-0.2, 0) is 11.2 Å². The first-order valence-corrected chi connectivity index (χ1v) is 7.79. The number of amides is 1. The second-order valence-corrected chi connectivity index (χ2v) is 6.08. The largest absolute Gasteiger partial charge is 0.325 e.